The Labute approximate surface area is 502 Å². The normalized spacial score (nSPS) is 12.1. The van der Waals surface area contributed by atoms with Crippen LogP contribution in [-0.4, -0.2) is 52.4 Å². The maximum atomic E-state index is 16.1. The molecule has 0 aliphatic carbocycles. The van der Waals surface area contributed by atoms with Crippen molar-refractivity contribution in [2.24, 2.45) is 0 Å². The average molecular weight is 1400 g/mol. The summed E-state index contributed by atoms with van der Waals surface area (Å²) in [6.45, 7) is -4.05. The van der Waals surface area contributed by atoms with Gasteiger partial charge in [-0.25, -0.2) is 127 Å². The van der Waals surface area contributed by atoms with Crippen molar-refractivity contribution in [1.29, 1.82) is 0 Å². The lowest BCUT2D eigenvalue weighted by atomic mass is 9.36. The van der Waals surface area contributed by atoms with Crippen LogP contribution in [0.3, 0.4) is 0 Å². The predicted molar refractivity (Wildman–Crippen MR) is 267 cm³/mol. The van der Waals surface area contributed by atoms with Crippen LogP contribution in [0.2, 0.25) is 0 Å². The highest BCUT2D eigenvalue weighted by Gasteiger charge is 2.54. The van der Waals surface area contributed by atoms with E-state index in [2.05, 4.69) is 11.8 Å². The van der Waals surface area contributed by atoms with Gasteiger partial charge in [0.2, 0.25) is 0 Å². The fourth-order valence-electron chi connectivity index (χ4n) is 9.31. The molecule has 0 amide bonds. The average Bonchev–Trinajstić information content (AvgIpc) is 1.47. The van der Waals surface area contributed by atoms with Gasteiger partial charge in [0.05, 0.1) is 13.9 Å². The first kappa shape index (κ1) is 75.3. The molecule has 3 aliphatic rings. The Balaban J connectivity index is 0.000000315. The molecular weight excluding hydrogens is 1380 g/mol. The fourth-order valence-corrected chi connectivity index (χ4v) is 10.2. The Hall–Kier alpha value is -7.44. The van der Waals surface area contributed by atoms with Crippen LogP contribution in [0, 0.1) is 175 Å². The van der Waals surface area contributed by atoms with Crippen LogP contribution in [0.4, 0.5) is 149 Å². The lowest BCUT2D eigenvalue weighted by Crippen LogP contribution is -2.69. The third-order valence-corrected chi connectivity index (χ3v) is 13.9. The molecule has 0 bridgehead atoms. The molecule has 0 atom stereocenters. The van der Waals surface area contributed by atoms with Gasteiger partial charge in [0.25, 0.3) is 13.4 Å². The fraction of sp³-hybridized carbons (Fsp3) is 0.154. The smallest absolute Gasteiger partial charge is 0.255 e. The van der Waals surface area contributed by atoms with Crippen molar-refractivity contribution < 1.29 is 149 Å². The lowest BCUT2D eigenvalue weighted by molar-refractivity contribution is -0.142. The van der Waals surface area contributed by atoms with Crippen molar-refractivity contribution in [3.8, 4) is 34.1 Å². The van der Waals surface area contributed by atoms with Crippen molar-refractivity contribution in [3.05, 3.63) is 163 Å². The second kappa shape index (κ2) is 28.4. The molecule has 0 aromatic heterocycles. The summed E-state index contributed by atoms with van der Waals surface area (Å²) in [6.07, 6.45) is -8.31. The van der Waals surface area contributed by atoms with E-state index in [4.69, 9.17) is 22.9 Å². The van der Waals surface area contributed by atoms with Crippen LogP contribution in [0.15, 0.2) is 0 Å². The minimum atomic E-state index is -4.62. The van der Waals surface area contributed by atoms with Gasteiger partial charge in [-0.3, -0.25) is 8.78 Å². The second-order valence-electron chi connectivity index (χ2n) is 18.0. The van der Waals surface area contributed by atoms with Gasteiger partial charge < -0.3 is 0 Å². The highest BCUT2D eigenvalue weighted by atomic mass is 35.5. The summed E-state index contributed by atoms with van der Waals surface area (Å²) < 4.78 is 470. The number of benzene rings is 7. The summed E-state index contributed by atoms with van der Waals surface area (Å²) in [5.74, 6) is -69.2. The van der Waals surface area contributed by atoms with E-state index in [1.165, 1.54) is 0 Å². The van der Waals surface area contributed by atoms with Crippen molar-refractivity contribution in [2.75, 3.05) is 20.5 Å². The Morgan fingerprint density at radius 2 is 0.402 bits per heavy atom. The molecule has 0 saturated heterocycles. The van der Waals surface area contributed by atoms with E-state index in [1.54, 1.807) is 6.92 Å². The number of halogens is 36. The monoisotopic (exact) mass is 1400 g/mol. The number of hydrogen-bond donors (Lipinski definition) is 0. The second-order valence-corrected chi connectivity index (χ2v) is 18.8. The Kier molecular flexibility index (Phi) is 23.3. The standard InChI is InChI=1S/C30B2F20.C12B2Cl2F8.C4H6.C3H7F.C2H2F4.CH3F/c33-11-1-2-6(16(38)28(50)24(46)12(2)34)31(5(1)15(37)27(49)23(11)45)9-19(41)21(43)10(22(44)20(9)42)32-7-3(13(35)25(47)29(51)17(7)39)4-8(32)18(40)30(52)26(48)14(4)36;15-13-1-2(6(18)10(22)9(21)5(1)17)14(16)4-3(13)7(19)11(23)12(24)8(4)20;1-3-4-2;1-2-3-4;3-1-2(4,5)6;1-2/h;;1-2H3;2-3H2,1H3;1H2;1H3. The van der Waals surface area contributed by atoms with Gasteiger partial charge in [-0.15, -0.1) is 11.8 Å². The van der Waals surface area contributed by atoms with Gasteiger partial charge in [-0.2, -0.15) is 36.1 Å². The van der Waals surface area contributed by atoms with Crippen LogP contribution in [0.25, 0.3) is 22.3 Å². The highest BCUT2D eigenvalue weighted by Crippen LogP contribution is 2.38. The van der Waals surface area contributed by atoms with Gasteiger partial charge in [0.15, 0.2) is 170 Å². The maximum Gasteiger partial charge on any atom is 0.416 e. The minimum Gasteiger partial charge on any atom is -0.255 e. The van der Waals surface area contributed by atoms with E-state index < -0.39 is 278 Å². The van der Waals surface area contributed by atoms with Crippen molar-refractivity contribution in [3.63, 3.8) is 0 Å². The summed E-state index contributed by atoms with van der Waals surface area (Å²) in [4.78, 5) is 0. The molecule has 3 aliphatic heterocycles. The van der Waals surface area contributed by atoms with Crippen molar-refractivity contribution >= 4 is 103 Å². The molecule has 40 heteroatoms. The first-order chi connectivity index (χ1) is 42.7. The Morgan fingerprint density at radius 1 is 0.272 bits per heavy atom. The quantitative estimate of drug-likeness (QED) is 0.0544. The summed E-state index contributed by atoms with van der Waals surface area (Å²) in [6, 6.07) is 0. The molecule has 0 nitrogen and oxygen atoms in total. The zero-order chi connectivity index (χ0) is 70.6. The molecule has 3 heterocycles. The van der Waals surface area contributed by atoms with Gasteiger partial charge in [-0.05, 0) is 64.0 Å². The first-order valence-electron chi connectivity index (χ1n) is 23.9. The van der Waals surface area contributed by atoms with Gasteiger partial charge in [0, 0.05) is 33.2 Å². The summed E-state index contributed by atoms with van der Waals surface area (Å²) in [7, 11) is 0.500. The van der Waals surface area contributed by atoms with Gasteiger partial charge >= 0.3 is 18.4 Å². The van der Waals surface area contributed by atoms with E-state index >= 15 is 35.1 Å². The third kappa shape index (κ3) is 12.0. The third-order valence-electron chi connectivity index (χ3n) is 13.1. The topological polar surface area (TPSA) is 0 Å². The summed E-state index contributed by atoms with van der Waals surface area (Å²) in [5.41, 5.74) is -26.4. The number of rotatable bonds is 3. The van der Waals surface area contributed by atoms with Crippen LogP contribution in [0.5, 0.6) is 0 Å². The molecule has 10 rings (SSSR count). The van der Waals surface area contributed by atoms with Crippen LogP contribution in [0.1, 0.15) is 27.2 Å². The van der Waals surface area contributed by atoms with E-state index in [9.17, 15) is 114 Å². The number of fused-ring (bicyclic) bond motifs is 8. The van der Waals surface area contributed by atoms with E-state index in [-0.39, 0.29) is 6.67 Å². The highest BCUT2D eigenvalue weighted by molar-refractivity contribution is 7.32. The largest absolute Gasteiger partial charge is 0.416 e. The summed E-state index contributed by atoms with van der Waals surface area (Å²) >= 11 is 11.4. The molecule has 92 heavy (non-hydrogen) atoms. The van der Waals surface area contributed by atoms with Gasteiger partial charge in [-0.1, -0.05) is 6.92 Å². The van der Waals surface area contributed by atoms with Crippen LogP contribution >= 0.6 is 22.9 Å². The first-order valence-corrected chi connectivity index (χ1v) is 24.8. The maximum absolute atomic E-state index is 16.1. The lowest BCUT2D eigenvalue weighted by Gasteiger charge is -2.27. The Bertz CT molecular complexity index is 3730. The molecule has 0 radical (unpaired) electrons. The number of hydrogen-bond acceptors (Lipinski definition) is 0. The van der Waals surface area contributed by atoms with E-state index in [0.29, 0.717) is 13.6 Å². The molecule has 0 spiro atoms. The summed E-state index contributed by atoms with van der Waals surface area (Å²) in [5, 5.41) is 0. The van der Waals surface area contributed by atoms with Crippen molar-refractivity contribution in [1.82, 2.24) is 0 Å². The molecule has 0 fully saturated rings. The van der Waals surface area contributed by atoms with Crippen LogP contribution < -0.4 is 54.6 Å². The number of alkyl halides is 6. The minimum absolute atomic E-state index is 0.181. The Morgan fingerprint density at radius 3 is 0.533 bits per heavy atom. The molecule has 0 N–H and O–H groups in total. The van der Waals surface area contributed by atoms with Crippen LogP contribution in [-0.2, 0) is 0 Å². The molecule has 7 aromatic carbocycles. The van der Waals surface area contributed by atoms with Gasteiger partial charge in [0.1, 0.15) is 0 Å². The SMILES string of the molecule is CC#CC.CCCF.CF.FCC(F)(F)F.Fc1c(F)c(F)c2c(c1F)B(Cl)c1c(F)c(F)c(F)c(F)c1B2Cl.Fc1c(F)c(F)c2c(c1F)B(c1c(F)c(F)c(B3c4c(F)c(F)c(F)c(F)c4-c4c(F)c(F)c(F)c(F)c43)c(F)c1F)c1c(F)c(F)c(F)c(F)c1-2. The zero-order valence-corrected chi connectivity index (χ0v) is 46.0. The molecule has 0 saturated carbocycles. The van der Waals surface area contributed by atoms with Crippen molar-refractivity contribution in [2.45, 2.75) is 33.4 Å². The van der Waals surface area contributed by atoms with E-state index in [1.807, 2.05) is 13.8 Å². The molecule has 0 unspecified atom stereocenters. The van der Waals surface area contributed by atoms with E-state index in [0.717, 1.165) is 0 Å². The predicted octanol–water partition coefficient (Wildman–Crippen LogP) is 11.8. The molecule has 490 valence electrons. The zero-order valence-electron chi connectivity index (χ0n) is 44.5. The molecular formula is C52H18B4Cl2F34. The molecule has 7 aromatic rings.